The summed E-state index contributed by atoms with van der Waals surface area (Å²) in [6.45, 7) is 6.58. The molecule has 0 aliphatic rings. The second kappa shape index (κ2) is 8.19. The van der Waals surface area contributed by atoms with Crippen LogP contribution in [0.5, 0.6) is 11.5 Å². The van der Waals surface area contributed by atoms with Gasteiger partial charge in [0.15, 0.2) is 0 Å². The number of carbonyl (C=O) groups is 1. The van der Waals surface area contributed by atoms with Crippen molar-refractivity contribution >= 4 is 5.97 Å². The Labute approximate surface area is 114 Å². The van der Waals surface area contributed by atoms with Crippen molar-refractivity contribution in [3.05, 3.63) is 36.4 Å². The number of rotatable bonds is 8. The molecule has 0 N–H and O–H groups in total. The number of carbonyl (C=O) groups excluding carboxylic acids is 1. The molecular formula is C15H20O4. The number of methoxy groups -OCH3 is 1. The van der Waals surface area contributed by atoms with Gasteiger partial charge in [-0.25, -0.2) is 0 Å². The number of hydrogen-bond acceptors (Lipinski definition) is 4. The average Bonchev–Trinajstić information content (AvgIpc) is 2.41. The van der Waals surface area contributed by atoms with Gasteiger partial charge in [-0.05, 0) is 31.5 Å². The molecule has 0 unspecified atom stereocenters. The van der Waals surface area contributed by atoms with Crippen molar-refractivity contribution in [3.8, 4) is 11.5 Å². The molecule has 0 radical (unpaired) electrons. The summed E-state index contributed by atoms with van der Waals surface area (Å²) in [5, 5.41) is 0. The monoisotopic (exact) mass is 264 g/mol. The Kier molecular flexibility index (Phi) is 6.50. The highest BCUT2D eigenvalue weighted by Crippen LogP contribution is 2.25. The standard InChI is InChI=1S/C15H20O4/c1-4-6-12-11-13(18-5-2)7-8-14(12)19-10-9-15(16)17-3/h4,7-8,11H,1,5-6,9-10H2,2-3H3. The van der Waals surface area contributed by atoms with Crippen molar-refractivity contribution in [2.24, 2.45) is 0 Å². The number of ether oxygens (including phenoxy) is 3. The molecule has 19 heavy (non-hydrogen) atoms. The van der Waals surface area contributed by atoms with E-state index in [2.05, 4.69) is 11.3 Å². The molecule has 0 bridgehead atoms. The van der Waals surface area contributed by atoms with E-state index in [4.69, 9.17) is 9.47 Å². The van der Waals surface area contributed by atoms with Gasteiger partial charge in [0.2, 0.25) is 0 Å². The van der Waals surface area contributed by atoms with Gasteiger partial charge < -0.3 is 14.2 Å². The summed E-state index contributed by atoms with van der Waals surface area (Å²) in [6.07, 6.45) is 2.73. The van der Waals surface area contributed by atoms with Crippen LogP contribution in [0.3, 0.4) is 0 Å². The van der Waals surface area contributed by atoms with Crippen LogP contribution in [0.15, 0.2) is 30.9 Å². The molecule has 0 aromatic heterocycles. The van der Waals surface area contributed by atoms with Crippen LogP contribution < -0.4 is 9.47 Å². The molecule has 0 fully saturated rings. The summed E-state index contributed by atoms with van der Waals surface area (Å²) in [7, 11) is 1.36. The molecule has 104 valence electrons. The Morgan fingerprint density at radius 2 is 2.16 bits per heavy atom. The number of hydrogen-bond donors (Lipinski definition) is 0. The predicted octanol–water partition coefficient (Wildman–Crippen LogP) is 2.76. The van der Waals surface area contributed by atoms with Gasteiger partial charge in [-0.3, -0.25) is 4.79 Å². The average molecular weight is 264 g/mol. The minimum atomic E-state index is -0.281. The Hall–Kier alpha value is -1.97. The van der Waals surface area contributed by atoms with Crippen molar-refractivity contribution in [3.63, 3.8) is 0 Å². The van der Waals surface area contributed by atoms with Gasteiger partial charge in [-0.1, -0.05) is 6.08 Å². The Balaban J connectivity index is 2.69. The van der Waals surface area contributed by atoms with E-state index in [1.165, 1.54) is 7.11 Å². The zero-order valence-corrected chi connectivity index (χ0v) is 11.5. The molecule has 1 aromatic rings. The van der Waals surface area contributed by atoms with Gasteiger partial charge in [-0.2, -0.15) is 0 Å². The zero-order valence-electron chi connectivity index (χ0n) is 11.5. The van der Waals surface area contributed by atoms with Gasteiger partial charge >= 0.3 is 5.97 Å². The van der Waals surface area contributed by atoms with E-state index in [0.717, 1.165) is 17.1 Å². The fraction of sp³-hybridized carbons (Fsp3) is 0.400. The third kappa shape index (κ3) is 5.04. The van der Waals surface area contributed by atoms with Crippen LogP contribution >= 0.6 is 0 Å². The number of esters is 1. The molecule has 0 atom stereocenters. The minimum Gasteiger partial charge on any atom is -0.494 e. The lowest BCUT2D eigenvalue weighted by molar-refractivity contribution is -0.141. The summed E-state index contributed by atoms with van der Waals surface area (Å²) in [4.78, 5) is 11.0. The third-order valence-electron chi connectivity index (χ3n) is 2.50. The molecule has 4 heteroatoms. The Morgan fingerprint density at radius 3 is 2.79 bits per heavy atom. The third-order valence-corrected chi connectivity index (χ3v) is 2.50. The quantitative estimate of drug-likeness (QED) is 0.535. The molecule has 0 saturated carbocycles. The van der Waals surface area contributed by atoms with Gasteiger partial charge in [0, 0.05) is 5.56 Å². The molecule has 4 nitrogen and oxygen atoms in total. The van der Waals surface area contributed by atoms with Crippen LogP contribution in [-0.2, 0) is 16.0 Å². The van der Waals surface area contributed by atoms with Crippen molar-refractivity contribution in [2.75, 3.05) is 20.3 Å². The summed E-state index contributed by atoms with van der Waals surface area (Å²) in [5.74, 6) is 1.27. The van der Waals surface area contributed by atoms with Crippen molar-refractivity contribution < 1.29 is 19.0 Å². The molecule has 0 heterocycles. The lowest BCUT2D eigenvalue weighted by Gasteiger charge is -2.12. The summed E-state index contributed by atoms with van der Waals surface area (Å²) >= 11 is 0. The highest BCUT2D eigenvalue weighted by Gasteiger charge is 2.06. The molecule has 0 amide bonds. The molecule has 1 aromatic carbocycles. The minimum absolute atomic E-state index is 0.233. The molecule has 0 saturated heterocycles. The highest BCUT2D eigenvalue weighted by atomic mass is 16.5. The number of benzene rings is 1. The number of allylic oxidation sites excluding steroid dienone is 1. The van der Waals surface area contributed by atoms with Crippen LogP contribution in [0.25, 0.3) is 0 Å². The largest absolute Gasteiger partial charge is 0.494 e. The first kappa shape index (κ1) is 15.1. The van der Waals surface area contributed by atoms with Crippen molar-refractivity contribution in [1.82, 2.24) is 0 Å². The van der Waals surface area contributed by atoms with Gasteiger partial charge in [-0.15, -0.1) is 6.58 Å². The molecule has 0 aliphatic carbocycles. The first-order valence-electron chi connectivity index (χ1n) is 6.27. The van der Waals surface area contributed by atoms with Crippen LogP contribution in [0.1, 0.15) is 18.9 Å². The lowest BCUT2D eigenvalue weighted by atomic mass is 10.1. The van der Waals surface area contributed by atoms with E-state index >= 15 is 0 Å². The smallest absolute Gasteiger partial charge is 0.308 e. The van der Waals surface area contributed by atoms with E-state index < -0.39 is 0 Å². The van der Waals surface area contributed by atoms with Gasteiger partial charge in [0.05, 0.1) is 26.7 Å². The normalized spacial score (nSPS) is 9.79. The molecule has 1 rings (SSSR count). The summed E-state index contributed by atoms with van der Waals surface area (Å²) < 4.78 is 15.6. The molecule has 0 spiro atoms. The fourth-order valence-electron chi connectivity index (χ4n) is 1.61. The predicted molar refractivity (Wildman–Crippen MR) is 73.6 cm³/mol. The second-order valence-electron chi connectivity index (χ2n) is 3.87. The maximum absolute atomic E-state index is 11.0. The van der Waals surface area contributed by atoms with Crippen LogP contribution in [-0.4, -0.2) is 26.3 Å². The first-order valence-corrected chi connectivity index (χ1v) is 6.27. The SMILES string of the molecule is C=CCc1cc(OCC)ccc1OCCC(=O)OC. The van der Waals surface area contributed by atoms with Crippen molar-refractivity contribution in [2.45, 2.75) is 19.8 Å². The zero-order chi connectivity index (χ0) is 14.1. The highest BCUT2D eigenvalue weighted by molar-refractivity contribution is 5.69. The first-order chi connectivity index (χ1) is 9.21. The Morgan fingerprint density at radius 1 is 1.37 bits per heavy atom. The topological polar surface area (TPSA) is 44.8 Å². The second-order valence-corrected chi connectivity index (χ2v) is 3.87. The van der Waals surface area contributed by atoms with Gasteiger partial charge in [0.25, 0.3) is 0 Å². The van der Waals surface area contributed by atoms with Gasteiger partial charge in [0.1, 0.15) is 11.5 Å². The molecular weight excluding hydrogens is 244 g/mol. The van der Waals surface area contributed by atoms with Crippen LogP contribution in [0.2, 0.25) is 0 Å². The van der Waals surface area contributed by atoms with Crippen LogP contribution in [0, 0.1) is 0 Å². The van der Waals surface area contributed by atoms with Crippen molar-refractivity contribution in [1.29, 1.82) is 0 Å². The van der Waals surface area contributed by atoms with E-state index in [1.807, 2.05) is 25.1 Å². The van der Waals surface area contributed by atoms with E-state index in [-0.39, 0.29) is 12.4 Å². The molecule has 0 aliphatic heterocycles. The maximum Gasteiger partial charge on any atom is 0.308 e. The van der Waals surface area contributed by atoms with E-state index in [9.17, 15) is 4.79 Å². The van der Waals surface area contributed by atoms with E-state index in [1.54, 1.807) is 6.08 Å². The van der Waals surface area contributed by atoms with E-state index in [0.29, 0.717) is 19.6 Å². The Bertz CT molecular complexity index is 426. The maximum atomic E-state index is 11.0. The summed E-state index contributed by atoms with van der Waals surface area (Å²) in [6, 6.07) is 5.63. The van der Waals surface area contributed by atoms with Crippen LogP contribution in [0.4, 0.5) is 0 Å². The lowest BCUT2D eigenvalue weighted by Crippen LogP contribution is -2.08. The fourth-order valence-corrected chi connectivity index (χ4v) is 1.61. The summed E-state index contributed by atoms with van der Waals surface area (Å²) in [5.41, 5.74) is 0.991.